The number of pyridine rings is 1. The Balaban J connectivity index is 2.30. The van der Waals surface area contributed by atoms with Gasteiger partial charge in [-0.05, 0) is 30.7 Å². The first-order valence-electron chi connectivity index (χ1n) is 4.80. The molecule has 0 spiro atoms. The van der Waals surface area contributed by atoms with Crippen molar-refractivity contribution in [1.29, 1.82) is 0 Å². The summed E-state index contributed by atoms with van der Waals surface area (Å²) >= 11 is 0. The summed E-state index contributed by atoms with van der Waals surface area (Å²) in [6.45, 7) is 1.89. The third kappa shape index (κ3) is 2.16. The van der Waals surface area contributed by atoms with Gasteiger partial charge in [0.05, 0.1) is 0 Å². The van der Waals surface area contributed by atoms with E-state index in [1.165, 1.54) is 18.2 Å². The van der Waals surface area contributed by atoms with Crippen LogP contribution in [0.2, 0.25) is 0 Å². The van der Waals surface area contributed by atoms with Crippen LogP contribution in [0.25, 0.3) is 0 Å². The molecule has 2 aromatic rings. The lowest BCUT2D eigenvalue weighted by atomic mass is 10.2. The number of nitrogens with zero attached hydrogens (tertiary/aromatic N) is 1. The molecule has 0 aliphatic carbocycles. The molecule has 1 aromatic carbocycles. The molecule has 0 saturated heterocycles. The second kappa shape index (κ2) is 4.26. The second-order valence-corrected chi connectivity index (χ2v) is 3.44. The molecular weight excluding hydrogens is 210 g/mol. The zero-order chi connectivity index (χ0) is 11.5. The monoisotopic (exact) mass is 220 g/mol. The molecule has 0 bridgehead atoms. The minimum Gasteiger partial charge on any atom is -0.335 e. The van der Waals surface area contributed by atoms with Gasteiger partial charge in [0.1, 0.15) is 23.1 Å². The summed E-state index contributed by atoms with van der Waals surface area (Å²) in [5.41, 5.74) is 0.804. The largest absolute Gasteiger partial charge is 0.335 e. The molecule has 4 heteroatoms. The van der Waals surface area contributed by atoms with E-state index < -0.39 is 11.6 Å². The number of aryl methyl sites for hydroxylation is 1. The van der Waals surface area contributed by atoms with Crippen molar-refractivity contribution in [2.75, 3.05) is 5.32 Å². The van der Waals surface area contributed by atoms with Crippen molar-refractivity contribution in [2.24, 2.45) is 0 Å². The summed E-state index contributed by atoms with van der Waals surface area (Å²) in [6.07, 6.45) is 1.63. The van der Waals surface area contributed by atoms with Crippen molar-refractivity contribution in [2.45, 2.75) is 6.92 Å². The molecule has 0 aliphatic rings. The van der Waals surface area contributed by atoms with E-state index in [0.717, 1.165) is 5.56 Å². The van der Waals surface area contributed by atoms with Crippen LogP contribution < -0.4 is 5.32 Å². The number of halogens is 2. The van der Waals surface area contributed by atoms with Crippen molar-refractivity contribution in [1.82, 2.24) is 4.98 Å². The molecule has 0 amide bonds. The van der Waals surface area contributed by atoms with Gasteiger partial charge in [0.2, 0.25) is 0 Å². The smallest absolute Gasteiger partial charge is 0.149 e. The molecule has 82 valence electrons. The molecule has 0 aliphatic heterocycles. The molecule has 0 fully saturated rings. The Labute approximate surface area is 92.0 Å². The molecule has 0 atom stereocenters. The van der Waals surface area contributed by atoms with Crippen molar-refractivity contribution < 1.29 is 8.78 Å². The van der Waals surface area contributed by atoms with Crippen molar-refractivity contribution in [3.63, 3.8) is 0 Å². The quantitative estimate of drug-likeness (QED) is 0.838. The summed E-state index contributed by atoms with van der Waals surface area (Å²) in [4.78, 5) is 4.01. The summed E-state index contributed by atoms with van der Waals surface area (Å²) in [5, 5.41) is 2.61. The molecule has 0 saturated carbocycles. The number of benzene rings is 1. The predicted molar refractivity (Wildman–Crippen MR) is 58.6 cm³/mol. The Kier molecular flexibility index (Phi) is 2.81. The molecule has 1 aromatic heterocycles. The Hall–Kier alpha value is -1.97. The topological polar surface area (TPSA) is 24.9 Å². The van der Waals surface area contributed by atoms with Crippen molar-refractivity contribution in [3.8, 4) is 0 Å². The number of hydrogen-bond acceptors (Lipinski definition) is 2. The maximum atomic E-state index is 13.3. The van der Waals surface area contributed by atoms with Gasteiger partial charge in [-0.2, -0.15) is 0 Å². The van der Waals surface area contributed by atoms with Gasteiger partial charge in [-0.1, -0.05) is 12.1 Å². The number of nitrogens with one attached hydrogen (secondary N) is 1. The lowest BCUT2D eigenvalue weighted by molar-refractivity contribution is 0.590. The van der Waals surface area contributed by atoms with Gasteiger partial charge in [-0.25, -0.2) is 13.8 Å². The standard InChI is InChI=1S/C12H10F2N2/c1-8-5-6-11(15-7-8)16-12-9(13)3-2-4-10(12)14/h2-7H,1H3,(H,15,16). The van der Waals surface area contributed by atoms with Gasteiger partial charge in [-0.15, -0.1) is 0 Å². The highest BCUT2D eigenvalue weighted by atomic mass is 19.1. The number of para-hydroxylation sites is 1. The average molecular weight is 220 g/mol. The van der Waals surface area contributed by atoms with Crippen LogP contribution in [-0.4, -0.2) is 4.98 Å². The fraction of sp³-hybridized carbons (Fsp3) is 0.0833. The Morgan fingerprint density at radius 3 is 2.31 bits per heavy atom. The lowest BCUT2D eigenvalue weighted by Gasteiger charge is -2.07. The fourth-order valence-electron chi connectivity index (χ4n) is 1.29. The van der Waals surface area contributed by atoms with E-state index in [-0.39, 0.29) is 5.69 Å². The van der Waals surface area contributed by atoms with E-state index in [4.69, 9.17) is 0 Å². The van der Waals surface area contributed by atoms with Gasteiger partial charge in [0, 0.05) is 6.20 Å². The number of hydrogen-bond donors (Lipinski definition) is 1. The van der Waals surface area contributed by atoms with Crippen LogP contribution in [0.15, 0.2) is 36.5 Å². The maximum absolute atomic E-state index is 13.3. The summed E-state index contributed by atoms with van der Waals surface area (Å²) in [6, 6.07) is 7.19. The first-order valence-corrected chi connectivity index (χ1v) is 4.80. The van der Waals surface area contributed by atoms with E-state index in [1.807, 2.05) is 13.0 Å². The second-order valence-electron chi connectivity index (χ2n) is 3.44. The van der Waals surface area contributed by atoms with Crippen LogP contribution in [0.3, 0.4) is 0 Å². The SMILES string of the molecule is Cc1ccc(Nc2c(F)cccc2F)nc1. The molecule has 1 heterocycles. The highest BCUT2D eigenvalue weighted by Crippen LogP contribution is 2.21. The highest BCUT2D eigenvalue weighted by molar-refractivity contribution is 5.57. The molecule has 2 nitrogen and oxygen atoms in total. The Morgan fingerprint density at radius 2 is 1.75 bits per heavy atom. The van der Waals surface area contributed by atoms with E-state index in [9.17, 15) is 8.78 Å². The van der Waals surface area contributed by atoms with Crippen molar-refractivity contribution >= 4 is 11.5 Å². The predicted octanol–water partition coefficient (Wildman–Crippen LogP) is 3.41. The van der Waals surface area contributed by atoms with Gasteiger partial charge in [-0.3, -0.25) is 0 Å². The third-order valence-corrected chi connectivity index (χ3v) is 2.13. The first-order chi connectivity index (χ1) is 7.66. The zero-order valence-electron chi connectivity index (χ0n) is 8.67. The first kappa shape index (κ1) is 10.5. The highest BCUT2D eigenvalue weighted by Gasteiger charge is 2.08. The van der Waals surface area contributed by atoms with E-state index in [2.05, 4.69) is 10.3 Å². The summed E-state index contributed by atoms with van der Waals surface area (Å²) < 4.78 is 26.6. The molecule has 0 radical (unpaired) electrons. The zero-order valence-corrected chi connectivity index (χ0v) is 8.67. The molecule has 1 N–H and O–H groups in total. The Morgan fingerprint density at radius 1 is 1.06 bits per heavy atom. The van der Waals surface area contributed by atoms with Gasteiger partial charge >= 0.3 is 0 Å². The normalized spacial score (nSPS) is 10.2. The summed E-state index contributed by atoms with van der Waals surface area (Å²) in [7, 11) is 0. The maximum Gasteiger partial charge on any atom is 0.149 e. The average Bonchev–Trinajstić information content (AvgIpc) is 2.26. The molecular formula is C12H10F2N2. The van der Waals surface area contributed by atoms with Crippen LogP contribution in [0, 0.1) is 18.6 Å². The fourth-order valence-corrected chi connectivity index (χ4v) is 1.29. The van der Waals surface area contributed by atoms with Crippen LogP contribution in [0.4, 0.5) is 20.3 Å². The van der Waals surface area contributed by atoms with E-state index >= 15 is 0 Å². The van der Waals surface area contributed by atoms with Crippen LogP contribution in [0.1, 0.15) is 5.56 Å². The van der Waals surface area contributed by atoms with Gasteiger partial charge in [0.25, 0.3) is 0 Å². The van der Waals surface area contributed by atoms with Crippen LogP contribution >= 0.6 is 0 Å². The molecule has 0 unspecified atom stereocenters. The van der Waals surface area contributed by atoms with E-state index in [0.29, 0.717) is 5.82 Å². The summed E-state index contributed by atoms with van der Waals surface area (Å²) in [5.74, 6) is -0.862. The van der Waals surface area contributed by atoms with E-state index in [1.54, 1.807) is 12.3 Å². The van der Waals surface area contributed by atoms with Crippen molar-refractivity contribution in [3.05, 3.63) is 53.7 Å². The molecule has 16 heavy (non-hydrogen) atoms. The Bertz CT molecular complexity index is 475. The lowest BCUT2D eigenvalue weighted by Crippen LogP contribution is -1.98. The van der Waals surface area contributed by atoms with Gasteiger partial charge in [0.15, 0.2) is 0 Å². The van der Waals surface area contributed by atoms with Crippen LogP contribution in [-0.2, 0) is 0 Å². The third-order valence-electron chi connectivity index (χ3n) is 2.13. The minimum atomic E-state index is -0.637. The van der Waals surface area contributed by atoms with Crippen LogP contribution in [0.5, 0.6) is 0 Å². The number of rotatable bonds is 2. The minimum absolute atomic E-state index is 0.182. The number of aromatic nitrogens is 1. The molecule has 2 rings (SSSR count). The number of anilines is 2. The van der Waals surface area contributed by atoms with Gasteiger partial charge < -0.3 is 5.32 Å².